The molecule has 28 heavy (non-hydrogen) atoms. The zero-order valence-corrected chi connectivity index (χ0v) is 17.5. The molecule has 6 nitrogen and oxygen atoms in total. The highest BCUT2D eigenvalue weighted by molar-refractivity contribution is 5.99. The van der Waals surface area contributed by atoms with Gasteiger partial charge in [-0.1, -0.05) is 12.8 Å². The molecule has 2 aromatic rings. The number of hydrogen-bond acceptors (Lipinski definition) is 3. The van der Waals surface area contributed by atoms with Gasteiger partial charge in [0.05, 0.1) is 5.54 Å². The van der Waals surface area contributed by atoms with Gasteiger partial charge in [-0.15, -0.1) is 0 Å². The van der Waals surface area contributed by atoms with Crippen LogP contribution in [0.4, 0.5) is 4.79 Å². The van der Waals surface area contributed by atoms with Gasteiger partial charge in [0.1, 0.15) is 5.60 Å². The quantitative estimate of drug-likeness (QED) is 0.731. The number of aryl methyl sites for hydroxylation is 2. The molecule has 1 aliphatic rings. The molecule has 0 bridgehead atoms. The fourth-order valence-corrected chi connectivity index (χ4v) is 3.87. The molecule has 0 spiro atoms. The lowest BCUT2D eigenvalue weighted by Crippen LogP contribution is -2.54. The Hall–Kier alpha value is -2.50. The van der Waals surface area contributed by atoms with E-state index in [1.54, 1.807) is 0 Å². The summed E-state index contributed by atoms with van der Waals surface area (Å²) in [5.74, 6) is -0.104. The van der Waals surface area contributed by atoms with Crippen LogP contribution in [0.1, 0.15) is 68.1 Å². The molecule has 0 atom stereocenters. The molecule has 0 unspecified atom stereocenters. The number of rotatable bonds is 4. The highest BCUT2D eigenvalue weighted by Gasteiger charge is 2.36. The van der Waals surface area contributed by atoms with Crippen molar-refractivity contribution in [3.05, 3.63) is 35.0 Å². The molecule has 2 amide bonds. The number of carbonyl (C=O) groups excluding carboxylic acids is 2. The summed E-state index contributed by atoms with van der Waals surface area (Å²) in [7, 11) is 0. The van der Waals surface area contributed by atoms with Crippen LogP contribution in [-0.2, 0) is 4.74 Å². The van der Waals surface area contributed by atoms with E-state index in [-0.39, 0.29) is 5.91 Å². The molecule has 3 N–H and O–H groups in total. The summed E-state index contributed by atoms with van der Waals surface area (Å²) in [6.07, 6.45) is 3.31. The van der Waals surface area contributed by atoms with Crippen LogP contribution in [0.25, 0.3) is 10.9 Å². The van der Waals surface area contributed by atoms with Crippen molar-refractivity contribution < 1.29 is 14.3 Å². The molecule has 3 rings (SSSR count). The summed E-state index contributed by atoms with van der Waals surface area (Å²) in [5.41, 5.74) is 2.98. The van der Waals surface area contributed by atoms with Gasteiger partial charge in [-0.25, -0.2) is 4.79 Å². The first kappa shape index (κ1) is 20.2. The van der Waals surface area contributed by atoms with Crippen molar-refractivity contribution in [1.29, 1.82) is 0 Å². The Bertz CT molecular complexity index is 886. The van der Waals surface area contributed by atoms with Crippen LogP contribution >= 0.6 is 0 Å². The Labute approximate surface area is 166 Å². The highest BCUT2D eigenvalue weighted by Crippen LogP contribution is 2.30. The van der Waals surface area contributed by atoms with Gasteiger partial charge in [-0.2, -0.15) is 0 Å². The van der Waals surface area contributed by atoms with Crippen molar-refractivity contribution in [2.45, 2.75) is 71.4 Å². The topological polar surface area (TPSA) is 83.2 Å². The van der Waals surface area contributed by atoms with Gasteiger partial charge < -0.3 is 20.4 Å². The number of aromatic amines is 1. The first-order valence-corrected chi connectivity index (χ1v) is 9.97. The molecular weight excluding hydrogens is 354 g/mol. The Morgan fingerprint density at radius 3 is 2.50 bits per heavy atom. The van der Waals surface area contributed by atoms with Crippen LogP contribution in [0, 0.1) is 13.8 Å². The van der Waals surface area contributed by atoms with E-state index >= 15 is 0 Å². The number of hydrogen-bond donors (Lipinski definition) is 3. The van der Waals surface area contributed by atoms with E-state index in [1.807, 2.05) is 45.9 Å². The van der Waals surface area contributed by atoms with E-state index in [2.05, 4.69) is 22.5 Å². The fourth-order valence-electron chi connectivity index (χ4n) is 3.87. The predicted molar refractivity (Wildman–Crippen MR) is 111 cm³/mol. The molecule has 0 saturated heterocycles. The molecule has 0 aliphatic heterocycles. The van der Waals surface area contributed by atoms with Gasteiger partial charge in [0.15, 0.2) is 0 Å². The van der Waals surface area contributed by atoms with E-state index < -0.39 is 17.2 Å². The Morgan fingerprint density at radius 1 is 1.18 bits per heavy atom. The zero-order valence-electron chi connectivity index (χ0n) is 17.5. The van der Waals surface area contributed by atoms with Crippen LogP contribution in [0.15, 0.2) is 18.2 Å². The number of benzene rings is 1. The summed E-state index contributed by atoms with van der Waals surface area (Å²) in [5, 5.41) is 7.11. The molecule has 1 fully saturated rings. The minimum absolute atomic E-state index is 0.104. The number of carbonyl (C=O) groups is 2. The molecule has 1 aliphatic carbocycles. The maximum atomic E-state index is 13.0. The summed E-state index contributed by atoms with van der Waals surface area (Å²) in [6, 6.07) is 5.73. The second-order valence-electron chi connectivity index (χ2n) is 8.93. The van der Waals surface area contributed by atoms with E-state index in [0.717, 1.165) is 47.8 Å². The van der Waals surface area contributed by atoms with Crippen LogP contribution in [0.3, 0.4) is 0 Å². The third kappa shape index (κ3) is 4.49. The van der Waals surface area contributed by atoms with Crippen LogP contribution < -0.4 is 10.6 Å². The summed E-state index contributed by atoms with van der Waals surface area (Å²) >= 11 is 0. The van der Waals surface area contributed by atoms with Crippen LogP contribution in [0.2, 0.25) is 0 Å². The van der Waals surface area contributed by atoms with Gasteiger partial charge in [0.2, 0.25) is 0 Å². The van der Waals surface area contributed by atoms with Crippen molar-refractivity contribution >= 4 is 22.9 Å². The normalized spacial score (nSPS) is 16.2. The second kappa shape index (κ2) is 7.49. The summed E-state index contributed by atoms with van der Waals surface area (Å²) in [6.45, 7) is 9.96. The zero-order chi connectivity index (χ0) is 20.5. The third-order valence-corrected chi connectivity index (χ3v) is 5.48. The maximum absolute atomic E-state index is 13.0. The molecular formula is C22H31N3O3. The molecule has 1 aromatic heterocycles. The predicted octanol–water partition coefficient (Wildman–Crippen LogP) is 4.35. The van der Waals surface area contributed by atoms with Gasteiger partial charge in [0, 0.05) is 28.7 Å². The standard InChI is InChI=1S/C22H31N3O3/c1-14-15(2)24-18-9-8-16(12-17(14)18)19(26)25-22(10-6-7-11-22)13-23-20(27)28-21(3,4)5/h8-9,12,24H,6-7,10-11,13H2,1-5H3,(H,23,27)(H,25,26). The summed E-state index contributed by atoms with van der Waals surface area (Å²) < 4.78 is 5.33. The van der Waals surface area contributed by atoms with E-state index in [9.17, 15) is 9.59 Å². The summed E-state index contributed by atoms with van der Waals surface area (Å²) in [4.78, 5) is 28.4. The molecule has 0 radical (unpaired) electrons. The van der Waals surface area contributed by atoms with Crippen molar-refractivity contribution in [1.82, 2.24) is 15.6 Å². The van der Waals surface area contributed by atoms with Crippen LogP contribution in [0.5, 0.6) is 0 Å². The van der Waals surface area contributed by atoms with Crippen molar-refractivity contribution in [2.24, 2.45) is 0 Å². The number of amides is 2. The second-order valence-corrected chi connectivity index (χ2v) is 8.93. The molecule has 6 heteroatoms. The smallest absolute Gasteiger partial charge is 0.407 e. The number of aromatic nitrogens is 1. The Kier molecular flexibility index (Phi) is 5.41. The van der Waals surface area contributed by atoms with E-state index in [1.165, 1.54) is 0 Å². The van der Waals surface area contributed by atoms with E-state index in [4.69, 9.17) is 4.74 Å². The average molecular weight is 386 g/mol. The number of fused-ring (bicyclic) bond motifs is 1. The lowest BCUT2D eigenvalue weighted by Gasteiger charge is -2.31. The van der Waals surface area contributed by atoms with Gasteiger partial charge >= 0.3 is 6.09 Å². The average Bonchev–Trinajstić information content (AvgIpc) is 3.17. The first-order valence-electron chi connectivity index (χ1n) is 9.97. The lowest BCUT2D eigenvalue weighted by molar-refractivity contribution is 0.0505. The monoisotopic (exact) mass is 385 g/mol. The molecule has 1 heterocycles. The first-order chi connectivity index (χ1) is 13.1. The van der Waals surface area contributed by atoms with Crippen molar-refractivity contribution in [3.63, 3.8) is 0 Å². The van der Waals surface area contributed by atoms with Crippen molar-refractivity contribution in [2.75, 3.05) is 6.54 Å². The maximum Gasteiger partial charge on any atom is 0.407 e. The molecule has 1 aromatic carbocycles. The molecule has 1 saturated carbocycles. The number of nitrogens with one attached hydrogen (secondary N) is 3. The fraction of sp³-hybridized carbons (Fsp3) is 0.545. The SMILES string of the molecule is Cc1[nH]c2ccc(C(=O)NC3(CNC(=O)OC(C)(C)C)CCCC3)cc2c1C. The molecule has 152 valence electrons. The highest BCUT2D eigenvalue weighted by atomic mass is 16.6. The number of H-pyrrole nitrogens is 1. The van der Waals surface area contributed by atoms with Gasteiger partial charge in [-0.3, -0.25) is 4.79 Å². The Balaban J connectivity index is 1.72. The van der Waals surface area contributed by atoms with Crippen LogP contribution in [-0.4, -0.2) is 34.7 Å². The van der Waals surface area contributed by atoms with Crippen molar-refractivity contribution in [3.8, 4) is 0 Å². The largest absolute Gasteiger partial charge is 0.444 e. The number of alkyl carbamates (subject to hydrolysis) is 1. The Morgan fingerprint density at radius 2 is 1.86 bits per heavy atom. The lowest BCUT2D eigenvalue weighted by atomic mass is 9.96. The number of ether oxygens (including phenoxy) is 1. The van der Waals surface area contributed by atoms with Gasteiger partial charge in [-0.05, 0) is 71.2 Å². The van der Waals surface area contributed by atoms with E-state index in [0.29, 0.717) is 12.1 Å². The minimum Gasteiger partial charge on any atom is -0.444 e. The van der Waals surface area contributed by atoms with Gasteiger partial charge in [0.25, 0.3) is 5.91 Å². The minimum atomic E-state index is -0.544. The third-order valence-electron chi connectivity index (χ3n) is 5.48.